The van der Waals surface area contributed by atoms with E-state index >= 15 is 0 Å². The molecule has 0 spiro atoms. The Morgan fingerprint density at radius 2 is 1.59 bits per heavy atom. The van der Waals surface area contributed by atoms with Gasteiger partial charge < -0.3 is 19.1 Å². The van der Waals surface area contributed by atoms with Gasteiger partial charge in [0.2, 0.25) is 5.75 Å². The lowest BCUT2D eigenvalue weighted by atomic mass is 10.2. The van der Waals surface area contributed by atoms with Gasteiger partial charge in [-0.25, -0.2) is 0 Å². The minimum Gasteiger partial charge on any atom is -0.450 e. The fourth-order valence-corrected chi connectivity index (χ4v) is 2.37. The summed E-state index contributed by atoms with van der Waals surface area (Å²) in [6.45, 7) is 2.07. The molecule has 0 radical (unpaired) electrons. The standard InChI is InChI=1S/C15H12F3N3O5.C2H7O3P/c1-2-19-11-8-10(4-5-12(11)20(22)23)26-14-6-3-9(15(16,17)18)7-13(14)21(24)25;1-4-6(3)5-2/h3-8,19H,2H2,1H3;6H,1-2H3. The molecule has 0 aliphatic rings. The third kappa shape index (κ3) is 7.80. The van der Waals surface area contributed by atoms with Crippen molar-refractivity contribution in [1.82, 2.24) is 0 Å². The van der Waals surface area contributed by atoms with Gasteiger partial charge in [-0.15, -0.1) is 0 Å². The summed E-state index contributed by atoms with van der Waals surface area (Å²) < 4.78 is 61.8. The van der Waals surface area contributed by atoms with Crippen LogP contribution in [0, 0.1) is 20.2 Å². The minimum absolute atomic E-state index is 0.00518. The maximum Gasteiger partial charge on any atom is 0.416 e. The first-order valence-electron chi connectivity index (χ1n) is 8.62. The van der Waals surface area contributed by atoms with Gasteiger partial charge in [0.25, 0.3) is 5.69 Å². The lowest BCUT2D eigenvalue weighted by Gasteiger charge is -2.11. The monoisotopic (exact) mass is 481 g/mol. The predicted octanol–water partition coefficient (Wildman–Crippen LogP) is 5.41. The van der Waals surface area contributed by atoms with Crippen LogP contribution in [0.3, 0.4) is 0 Å². The number of hydrogen-bond donors (Lipinski definition) is 1. The molecule has 2 rings (SSSR count). The Morgan fingerprint density at radius 3 is 2.03 bits per heavy atom. The number of nitro groups is 2. The Hall–Kier alpha value is -3.22. The molecular weight excluding hydrogens is 462 g/mol. The van der Waals surface area contributed by atoms with Crippen molar-refractivity contribution < 1.29 is 41.4 Å². The lowest BCUT2D eigenvalue weighted by Crippen LogP contribution is -2.06. The number of ether oxygens (including phenoxy) is 1. The van der Waals surface area contributed by atoms with Gasteiger partial charge in [-0.1, -0.05) is 0 Å². The molecule has 15 heteroatoms. The van der Waals surface area contributed by atoms with Gasteiger partial charge in [-0.05, 0) is 25.1 Å². The zero-order valence-corrected chi connectivity index (χ0v) is 18.0. The summed E-state index contributed by atoms with van der Waals surface area (Å²) in [5.41, 5.74) is -2.18. The molecule has 2 aromatic carbocycles. The summed E-state index contributed by atoms with van der Waals surface area (Å²) in [7, 11) is 0.558. The molecule has 0 bridgehead atoms. The highest BCUT2D eigenvalue weighted by molar-refractivity contribution is 7.33. The van der Waals surface area contributed by atoms with Gasteiger partial charge in [-0.2, -0.15) is 13.2 Å². The van der Waals surface area contributed by atoms with Gasteiger partial charge in [0.15, 0.2) is 0 Å². The topological polar surface area (TPSA) is 143 Å². The first-order valence-corrected chi connectivity index (χ1v) is 9.84. The van der Waals surface area contributed by atoms with E-state index in [2.05, 4.69) is 14.4 Å². The fourth-order valence-electron chi connectivity index (χ4n) is 2.20. The average Bonchev–Trinajstić information content (AvgIpc) is 2.73. The maximum atomic E-state index is 12.7. The SMILES string of the molecule is CCNc1cc(Oc2ccc(C(F)(F)F)cc2[N+](=O)[O-])ccc1[N+](=O)[O-].CO[PH](=O)OC. The molecule has 0 unspecified atom stereocenters. The third-order valence-electron chi connectivity index (χ3n) is 3.58. The third-order valence-corrected chi connectivity index (χ3v) is 4.24. The highest BCUT2D eigenvalue weighted by atomic mass is 31.1. The molecule has 11 nitrogen and oxygen atoms in total. The minimum atomic E-state index is -4.74. The fraction of sp³-hybridized carbons (Fsp3) is 0.294. The summed E-state index contributed by atoms with van der Waals surface area (Å²) >= 11 is 0. The van der Waals surface area contributed by atoms with Crippen molar-refractivity contribution in [1.29, 1.82) is 0 Å². The lowest BCUT2D eigenvalue weighted by molar-refractivity contribution is -0.385. The number of anilines is 1. The van der Waals surface area contributed by atoms with Crippen molar-refractivity contribution >= 4 is 25.3 Å². The van der Waals surface area contributed by atoms with E-state index < -0.39 is 41.3 Å². The Bertz CT molecular complexity index is 982. The molecule has 0 aromatic heterocycles. The number of benzene rings is 2. The van der Waals surface area contributed by atoms with Crippen LogP contribution in [-0.4, -0.2) is 30.6 Å². The summed E-state index contributed by atoms with van der Waals surface area (Å²) in [5.74, 6) is -0.422. The van der Waals surface area contributed by atoms with Crippen LogP contribution >= 0.6 is 8.25 Å². The van der Waals surface area contributed by atoms with E-state index in [1.165, 1.54) is 26.4 Å². The second kappa shape index (κ2) is 12.0. The van der Waals surface area contributed by atoms with Crippen molar-refractivity contribution in [2.75, 3.05) is 26.1 Å². The number of rotatable bonds is 8. The quantitative estimate of drug-likeness (QED) is 0.297. The van der Waals surface area contributed by atoms with Gasteiger partial charge in [0, 0.05) is 39.0 Å². The highest BCUT2D eigenvalue weighted by Gasteiger charge is 2.33. The normalized spacial score (nSPS) is 10.8. The maximum absolute atomic E-state index is 12.7. The van der Waals surface area contributed by atoms with Crippen LogP contribution in [0.4, 0.5) is 30.2 Å². The van der Waals surface area contributed by atoms with Gasteiger partial charge >= 0.3 is 20.1 Å². The predicted molar refractivity (Wildman–Crippen MR) is 108 cm³/mol. The van der Waals surface area contributed by atoms with E-state index in [0.717, 1.165) is 12.1 Å². The Morgan fingerprint density at radius 1 is 1.00 bits per heavy atom. The molecule has 0 aliphatic carbocycles. The Balaban J connectivity index is 0.000000751. The zero-order valence-electron chi connectivity index (χ0n) is 17.0. The van der Waals surface area contributed by atoms with Crippen LogP contribution in [0.15, 0.2) is 36.4 Å². The van der Waals surface area contributed by atoms with Crippen molar-refractivity contribution in [3.05, 3.63) is 62.2 Å². The van der Waals surface area contributed by atoms with E-state index in [1.807, 2.05) is 0 Å². The molecule has 32 heavy (non-hydrogen) atoms. The number of halogens is 3. The molecular formula is C17H19F3N3O8P. The molecule has 0 heterocycles. The molecule has 1 N–H and O–H groups in total. The van der Waals surface area contributed by atoms with Crippen molar-refractivity contribution in [3.63, 3.8) is 0 Å². The van der Waals surface area contributed by atoms with Crippen LogP contribution < -0.4 is 10.1 Å². The van der Waals surface area contributed by atoms with E-state index in [-0.39, 0.29) is 17.1 Å². The zero-order chi connectivity index (χ0) is 24.5. The Labute approximate surface area is 180 Å². The number of nitrogens with zero attached hydrogens (tertiary/aromatic N) is 2. The van der Waals surface area contributed by atoms with Gasteiger partial charge in [0.1, 0.15) is 11.4 Å². The van der Waals surface area contributed by atoms with Crippen LogP contribution in [0.5, 0.6) is 11.5 Å². The van der Waals surface area contributed by atoms with Crippen LogP contribution in [0.1, 0.15) is 12.5 Å². The van der Waals surface area contributed by atoms with Crippen molar-refractivity contribution in [3.8, 4) is 11.5 Å². The van der Waals surface area contributed by atoms with E-state index in [9.17, 15) is 38.0 Å². The first-order chi connectivity index (χ1) is 14.9. The first kappa shape index (κ1) is 26.8. The summed E-state index contributed by atoms with van der Waals surface area (Å²) in [4.78, 5) is 20.4. The van der Waals surface area contributed by atoms with Crippen LogP contribution in [0.2, 0.25) is 0 Å². The Kier molecular flexibility index (Phi) is 10.0. The molecule has 0 atom stereocenters. The van der Waals surface area contributed by atoms with E-state index in [4.69, 9.17) is 4.74 Å². The summed E-state index contributed by atoms with van der Waals surface area (Å²) in [6.07, 6.45) is -4.74. The molecule has 0 saturated carbocycles. The second-order valence-electron chi connectivity index (χ2n) is 5.66. The number of nitrogens with one attached hydrogen (secondary N) is 1. The largest absolute Gasteiger partial charge is 0.450 e. The van der Waals surface area contributed by atoms with Gasteiger partial charge in [0.05, 0.1) is 15.4 Å². The molecule has 0 fully saturated rings. The average molecular weight is 481 g/mol. The highest BCUT2D eigenvalue weighted by Crippen LogP contribution is 2.39. The van der Waals surface area contributed by atoms with Crippen LogP contribution in [0.25, 0.3) is 0 Å². The smallest absolute Gasteiger partial charge is 0.416 e. The van der Waals surface area contributed by atoms with E-state index in [1.54, 1.807) is 6.92 Å². The summed E-state index contributed by atoms with van der Waals surface area (Å²) in [6, 6.07) is 5.41. The van der Waals surface area contributed by atoms with Gasteiger partial charge in [-0.3, -0.25) is 24.8 Å². The molecule has 176 valence electrons. The van der Waals surface area contributed by atoms with E-state index in [0.29, 0.717) is 18.7 Å². The number of nitro benzene ring substituents is 2. The molecule has 0 saturated heterocycles. The molecule has 0 amide bonds. The van der Waals surface area contributed by atoms with Crippen molar-refractivity contribution in [2.45, 2.75) is 13.1 Å². The number of alkyl halides is 3. The van der Waals surface area contributed by atoms with Crippen LogP contribution in [-0.2, 0) is 19.8 Å². The number of hydrogen-bond acceptors (Lipinski definition) is 9. The second-order valence-corrected chi connectivity index (χ2v) is 6.98. The summed E-state index contributed by atoms with van der Waals surface area (Å²) in [5, 5.41) is 24.8. The molecule has 0 aliphatic heterocycles. The molecule has 2 aromatic rings. The van der Waals surface area contributed by atoms with Crippen molar-refractivity contribution in [2.24, 2.45) is 0 Å².